The van der Waals surface area contributed by atoms with Crippen molar-refractivity contribution >= 4 is 11.5 Å². The fraction of sp³-hybridized carbons (Fsp3) is 0.500. The van der Waals surface area contributed by atoms with E-state index in [0.29, 0.717) is 12.2 Å². The van der Waals surface area contributed by atoms with Crippen LogP contribution in [0.25, 0.3) is 5.57 Å². The minimum atomic E-state index is -0.935. The molecule has 1 aromatic rings. The van der Waals surface area contributed by atoms with Crippen LogP contribution in [0.1, 0.15) is 85.4 Å². The molecule has 0 aliphatic carbocycles. The average molecular weight is 399 g/mol. The molecule has 0 bridgehead atoms. The average Bonchev–Trinajstić information content (AvgIpc) is 2.56. The number of rotatable bonds is 7. The van der Waals surface area contributed by atoms with Gasteiger partial charge in [-0.2, -0.15) is 0 Å². The second kappa shape index (κ2) is 9.96. The molecule has 0 amide bonds. The summed E-state index contributed by atoms with van der Waals surface area (Å²) in [5.74, 6) is -0.0274. The van der Waals surface area contributed by atoms with E-state index in [1.807, 2.05) is 12.2 Å². The third kappa shape index (κ3) is 7.56. The summed E-state index contributed by atoms with van der Waals surface area (Å²) >= 11 is 0. The Bertz CT molecular complexity index is 810. The van der Waals surface area contributed by atoms with Crippen LogP contribution in [-0.2, 0) is 15.6 Å². The van der Waals surface area contributed by atoms with Crippen LogP contribution in [-0.4, -0.2) is 17.7 Å². The van der Waals surface area contributed by atoms with E-state index in [0.717, 1.165) is 23.3 Å². The van der Waals surface area contributed by atoms with Crippen molar-refractivity contribution in [2.75, 3.05) is 6.61 Å². The molecular weight excluding hydrogens is 360 g/mol. The van der Waals surface area contributed by atoms with Gasteiger partial charge < -0.3 is 9.84 Å². The molecule has 1 aromatic carbocycles. The maximum absolute atomic E-state index is 10.8. The number of aliphatic carboxylic acids is 1. The van der Waals surface area contributed by atoms with Crippen LogP contribution in [0.3, 0.4) is 0 Å². The topological polar surface area (TPSA) is 46.5 Å². The van der Waals surface area contributed by atoms with Crippen molar-refractivity contribution in [1.82, 2.24) is 0 Å². The third-order valence-electron chi connectivity index (χ3n) is 4.68. The van der Waals surface area contributed by atoms with Crippen molar-refractivity contribution in [3.8, 4) is 5.75 Å². The molecule has 160 valence electrons. The van der Waals surface area contributed by atoms with E-state index in [1.54, 1.807) is 13.0 Å². The Kier molecular flexibility index (Phi) is 8.50. The molecule has 0 aliphatic heterocycles. The van der Waals surface area contributed by atoms with Gasteiger partial charge in [-0.1, -0.05) is 66.7 Å². The summed E-state index contributed by atoms with van der Waals surface area (Å²) in [5, 5.41) is 8.85. The molecule has 0 radical (unpaired) electrons. The summed E-state index contributed by atoms with van der Waals surface area (Å²) in [7, 11) is 0. The maximum Gasteiger partial charge on any atom is 0.328 e. The first-order chi connectivity index (χ1) is 13.3. The second-order valence-electron chi connectivity index (χ2n) is 9.68. The lowest BCUT2D eigenvalue weighted by Gasteiger charge is -2.32. The fourth-order valence-electron chi connectivity index (χ4n) is 3.14. The zero-order chi connectivity index (χ0) is 22.4. The van der Waals surface area contributed by atoms with Gasteiger partial charge in [-0.15, -0.1) is 0 Å². The minimum Gasteiger partial charge on any atom is -0.493 e. The number of allylic oxidation sites excluding steroid dienone is 5. The van der Waals surface area contributed by atoms with Gasteiger partial charge in [0.1, 0.15) is 5.75 Å². The molecule has 0 unspecified atom stereocenters. The van der Waals surface area contributed by atoms with Crippen molar-refractivity contribution in [2.45, 2.75) is 79.6 Å². The Morgan fingerprint density at radius 1 is 1.03 bits per heavy atom. The van der Waals surface area contributed by atoms with Crippen molar-refractivity contribution in [3.63, 3.8) is 0 Å². The van der Waals surface area contributed by atoms with Crippen LogP contribution < -0.4 is 4.74 Å². The molecule has 0 spiro atoms. The first-order valence-corrected chi connectivity index (χ1v) is 10.4. The maximum atomic E-state index is 10.8. The summed E-state index contributed by atoms with van der Waals surface area (Å²) < 4.78 is 6.14. The highest BCUT2D eigenvalue weighted by molar-refractivity contribution is 5.81. The molecule has 0 aromatic heterocycles. The summed E-state index contributed by atoms with van der Waals surface area (Å²) in [6, 6.07) is 4.48. The Morgan fingerprint density at radius 3 is 2.07 bits per heavy atom. The highest BCUT2D eigenvalue weighted by Gasteiger charge is 2.27. The van der Waals surface area contributed by atoms with E-state index < -0.39 is 5.97 Å². The molecule has 0 atom stereocenters. The standard InChI is InChI=1S/C26H38O3/c1-10-14-29-23-17-22(26(7,8)9)21(25(4,5)6)16-20(23)19(3)13-11-12-18(2)15-24(27)28/h11-13,15-17H,10,14H2,1-9H3,(H,27,28)/b12-11+,18-15+,19-13-. The zero-order valence-corrected chi connectivity index (χ0v) is 19.6. The number of carboxylic acid groups (broad SMARTS) is 1. The lowest BCUT2D eigenvalue weighted by molar-refractivity contribution is -0.131. The molecule has 0 saturated carbocycles. The molecular formula is C26H38O3. The Morgan fingerprint density at radius 2 is 1.59 bits per heavy atom. The van der Waals surface area contributed by atoms with Gasteiger partial charge in [0.2, 0.25) is 0 Å². The number of hydrogen-bond acceptors (Lipinski definition) is 2. The molecule has 1 rings (SSSR count). The van der Waals surface area contributed by atoms with Crippen LogP contribution in [0.15, 0.2) is 42.0 Å². The van der Waals surface area contributed by atoms with Crippen LogP contribution in [0.5, 0.6) is 5.75 Å². The second-order valence-corrected chi connectivity index (χ2v) is 9.68. The quantitative estimate of drug-likeness (QED) is 0.395. The molecule has 3 heteroatoms. The van der Waals surface area contributed by atoms with E-state index in [-0.39, 0.29) is 10.8 Å². The Hall–Kier alpha value is -2.29. The van der Waals surface area contributed by atoms with E-state index in [1.165, 1.54) is 17.2 Å². The summed E-state index contributed by atoms with van der Waals surface area (Å²) in [4.78, 5) is 10.8. The first-order valence-electron chi connectivity index (χ1n) is 10.4. The predicted octanol–water partition coefficient (Wildman–Crippen LogP) is 7.06. The van der Waals surface area contributed by atoms with Gasteiger partial charge >= 0.3 is 5.97 Å². The minimum absolute atomic E-state index is 0.0115. The van der Waals surface area contributed by atoms with Crippen molar-refractivity contribution < 1.29 is 14.6 Å². The SMILES string of the molecule is CCCOc1cc(C(C)(C)C)c(C(C)(C)C)cc1\C(C)=C/C=C/C(C)=C/C(=O)O. The van der Waals surface area contributed by atoms with Crippen molar-refractivity contribution in [2.24, 2.45) is 0 Å². The summed E-state index contributed by atoms with van der Waals surface area (Å²) in [5.41, 5.74) is 5.52. The van der Waals surface area contributed by atoms with E-state index >= 15 is 0 Å². The molecule has 3 nitrogen and oxygen atoms in total. The van der Waals surface area contributed by atoms with E-state index in [2.05, 4.69) is 67.5 Å². The molecule has 1 N–H and O–H groups in total. The molecule has 0 heterocycles. The van der Waals surface area contributed by atoms with E-state index in [4.69, 9.17) is 9.84 Å². The van der Waals surface area contributed by atoms with Crippen molar-refractivity contribution in [1.29, 1.82) is 0 Å². The summed E-state index contributed by atoms with van der Waals surface area (Å²) in [6.45, 7) is 20.1. The van der Waals surface area contributed by atoms with Gasteiger partial charge in [-0.3, -0.25) is 0 Å². The highest BCUT2D eigenvalue weighted by Crippen LogP contribution is 2.40. The van der Waals surface area contributed by atoms with Crippen LogP contribution >= 0.6 is 0 Å². The van der Waals surface area contributed by atoms with Crippen LogP contribution in [0.2, 0.25) is 0 Å². The van der Waals surface area contributed by atoms with Gasteiger partial charge in [0.15, 0.2) is 0 Å². The highest BCUT2D eigenvalue weighted by atomic mass is 16.5. The molecule has 29 heavy (non-hydrogen) atoms. The Labute approximate surface area is 177 Å². The number of hydrogen-bond donors (Lipinski definition) is 1. The largest absolute Gasteiger partial charge is 0.493 e. The smallest absolute Gasteiger partial charge is 0.328 e. The Balaban J connectivity index is 3.55. The van der Waals surface area contributed by atoms with Crippen LogP contribution in [0.4, 0.5) is 0 Å². The normalized spacial score (nSPS) is 13.8. The fourth-order valence-corrected chi connectivity index (χ4v) is 3.14. The lowest BCUT2D eigenvalue weighted by Crippen LogP contribution is -2.22. The molecule has 0 aliphatic rings. The molecule has 0 fully saturated rings. The zero-order valence-electron chi connectivity index (χ0n) is 19.6. The monoisotopic (exact) mass is 398 g/mol. The van der Waals surface area contributed by atoms with Crippen molar-refractivity contribution in [3.05, 3.63) is 58.7 Å². The summed E-state index contributed by atoms with van der Waals surface area (Å²) in [6.07, 6.45) is 7.86. The number of carbonyl (C=O) groups is 1. The van der Waals surface area contributed by atoms with Crippen LogP contribution in [0, 0.1) is 0 Å². The first kappa shape index (κ1) is 24.7. The number of carboxylic acids is 1. The predicted molar refractivity (Wildman–Crippen MR) is 124 cm³/mol. The van der Waals surface area contributed by atoms with Gasteiger partial charge in [0, 0.05) is 11.6 Å². The van der Waals surface area contributed by atoms with E-state index in [9.17, 15) is 4.79 Å². The number of ether oxygens (including phenoxy) is 1. The number of benzene rings is 1. The van der Waals surface area contributed by atoms with Gasteiger partial charge in [-0.05, 0) is 65.5 Å². The van der Waals surface area contributed by atoms with Gasteiger partial charge in [0.05, 0.1) is 6.61 Å². The van der Waals surface area contributed by atoms with Gasteiger partial charge in [0.25, 0.3) is 0 Å². The lowest BCUT2D eigenvalue weighted by atomic mass is 9.74. The van der Waals surface area contributed by atoms with Gasteiger partial charge in [-0.25, -0.2) is 4.79 Å². The third-order valence-corrected chi connectivity index (χ3v) is 4.68. The molecule has 0 saturated heterocycles.